The molecule has 226 valence electrons. The number of hydrogen-bond acceptors (Lipinski definition) is 6. The standard InChI is InChI=1S/C42H28N6/c1-3-13-29(14-4-1)37-27-38(46-41(45-37)30-15-5-2-6-16-30)33-19-11-17-31(25-33)32-18-12-20-34(26-32)39-28-40(35-21-7-9-23-43-35)48-42(47-39)36-22-8-10-24-44-36/h1-28H. The van der Waals surface area contributed by atoms with Crippen LogP contribution in [0.5, 0.6) is 0 Å². The normalized spacial score (nSPS) is 10.9. The average Bonchev–Trinajstić information content (AvgIpc) is 3.19. The van der Waals surface area contributed by atoms with Gasteiger partial charge in [0.25, 0.3) is 0 Å². The van der Waals surface area contributed by atoms with Gasteiger partial charge in [0.2, 0.25) is 0 Å². The molecule has 0 unspecified atom stereocenters. The summed E-state index contributed by atoms with van der Waals surface area (Å²) in [7, 11) is 0. The van der Waals surface area contributed by atoms with Crippen molar-refractivity contribution in [3.63, 3.8) is 0 Å². The highest BCUT2D eigenvalue weighted by molar-refractivity contribution is 5.78. The van der Waals surface area contributed by atoms with Gasteiger partial charge in [0, 0.05) is 34.6 Å². The van der Waals surface area contributed by atoms with E-state index < -0.39 is 0 Å². The van der Waals surface area contributed by atoms with Gasteiger partial charge in [-0.3, -0.25) is 9.97 Å². The Morgan fingerprint density at radius 1 is 0.250 bits per heavy atom. The van der Waals surface area contributed by atoms with Gasteiger partial charge in [-0.15, -0.1) is 0 Å². The molecule has 0 N–H and O–H groups in total. The van der Waals surface area contributed by atoms with Crippen molar-refractivity contribution in [3.8, 4) is 79.2 Å². The fourth-order valence-corrected chi connectivity index (χ4v) is 5.63. The van der Waals surface area contributed by atoms with E-state index in [1.165, 1.54) is 0 Å². The highest BCUT2D eigenvalue weighted by Gasteiger charge is 2.14. The van der Waals surface area contributed by atoms with Crippen molar-refractivity contribution in [2.75, 3.05) is 0 Å². The summed E-state index contributed by atoms with van der Waals surface area (Å²) >= 11 is 0. The second-order valence-corrected chi connectivity index (χ2v) is 11.2. The number of aromatic nitrogens is 6. The van der Waals surface area contributed by atoms with Gasteiger partial charge in [-0.05, 0) is 59.7 Å². The summed E-state index contributed by atoms with van der Waals surface area (Å²) in [5, 5.41) is 0. The van der Waals surface area contributed by atoms with Gasteiger partial charge >= 0.3 is 0 Å². The molecule has 0 spiro atoms. The van der Waals surface area contributed by atoms with E-state index >= 15 is 0 Å². The van der Waals surface area contributed by atoms with E-state index in [-0.39, 0.29) is 0 Å². The van der Waals surface area contributed by atoms with Crippen molar-refractivity contribution < 1.29 is 0 Å². The number of nitrogens with zero attached hydrogens (tertiary/aromatic N) is 6. The van der Waals surface area contributed by atoms with Gasteiger partial charge in [-0.25, -0.2) is 19.9 Å². The Bertz CT molecular complexity index is 2040. The lowest BCUT2D eigenvalue weighted by Gasteiger charge is -2.12. The van der Waals surface area contributed by atoms with Crippen molar-refractivity contribution in [2.45, 2.75) is 0 Å². The Morgan fingerprint density at radius 2 is 0.688 bits per heavy atom. The smallest absolute Gasteiger partial charge is 0.179 e. The zero-order chi connectivity index (χ0) is 32.1. The summed E-state index contributed by atoms with van der Waals surface area (Å²) in [6, 6.07) is 52.9. The van der Waals surface area contributed by atoms with Crippen LogP contribution in [0.4, 0.5) is 0 Å². The molecule has 0 aliphatic carbocycles. The van der Waals surface area contributed by atoms with Crippen LogP contribution in [0.3, 0.4) is 0 Å². The molecule has 0 fully saturated rings. The molecule has 4 heterocycles. The largest absolute Gasteiger partial charge is 0.255 e. The van der Waals surface area contributed by atoms with Crippen molar-refractivity contribution in [3.05, 3.63) is 170 Å². The maximum absolute atomic E-state index is 5.04. The van der Waals surface area contributed by atoms with Crippen molar-refractivity contribution in [1.29, 1.82) is 0 Å². The lowest BCUT2D eigenvalue weighted by molar-refractivity contribution is 1.13. The van der Waals surface area contributed by atoms with Gasteiger partial charge in [0.15, 0.2) is 11.6 Å². The van der Waals surface area contributed by atoms with E-state index in [1.807, 2.05) is 91.0 Å². The number of rotatable bonds is 7. The maximum Gasteiger partial charge on any atom is 0.179 e. The summed E-state index contributed by atoms with van der Waals surface area (Å²) < 4.78 is 0. The first-order valence-electron chi connectivity index (χ1n) is 15.7. The minimum absolute atomic E-state index is 0.549. The number of benzene rings is 4. The molecule has 6 heteroatoms. The van der Waals surface area contributed by atoms with Crippen LogP contribution in [0.1, 0.15) is 0 Å². The molecule has 4 aromatic carbocycles. The number of pyridine rings is 2. The highest BCUT2D eigenvalue weighted by Crippen LogP contribution is 2.33. The van der Waals surface area contributed by atoms with Crippen LogP contribution < -0.4 is 0 Å². The first-order valence-corrected chi connectivity index (χ1v) is 15.7. The van der Waals surface area contributed by atoms with Crippen LogP contribution in [0.2, 0.25) is 0 Å². The molecular weight excluding hydrogens is 589 g/mol. The molecule has 0 saturated carbocycles. The summed E-state index contributed by atoms with van der Waals surface area (Å²) in [4.78, 5) is 28.8. The lowest BCUT2D eigenvalue weighted by atomic mass is 9.98. The van der Waals surface area contributed by atoms with Crippen molar-refractivity contribution >= 4 is 0 Å². The first kappa shape index (κ1) is 28.8. The van der Waals surface area contributed by atoms with Crippen LogP contribution in [0, 0.1) is 0 Å². The van der Waals surface area contributed by atoms with E-state index in [4.69, 9.17) is 19.9 Å². The van der Waals surface area contributed by atoms with Crippen molar-refractivity contribution in [2.24, 2.45) is 0 Å². The fraction of sp³-hybridized carbons (Fsp3) is 0. The summed E-state index contributed by atoms with van der Waals surface area (Å²) in [6.45, 7) is 0. The zero-order valence-electron chi connectivity index (χ0n) is 25.8. The summed E-state index contributed by atoms with van der Waals surface area (Å²) in [6.07, 6.45) is 3.52. The predicted molar refractivity (Wildman–Crippen MR) is 191 cm³/mol. The van der Waals surface area contributed by atoms with Crippen LogP contribution in [-0.2, 0) is 0 Å². The quantitative estimate of drug-likeness (QED) is 0.177. The van der Waals surface area contributed by atoms with Gasteiger partial charge in [-0.1, -0.05) is 109 Å². The van der Waals surface area contributed by atoms with E-state index in [0.29, 0.717) is 17.3 Å². The molecule has 48 heavy (non-hydrogen) atoms. The predicted octanol–water partition coefficient (Wildman–Crippen LogP) is 9.73. The molecule has 0 radical (unpaired) electrons. The Kier molecular flexibility index (Phi) is 7.79. The summed E-state index contributed by atoms with van der Waals surface area (Å²) in [5.74, 6) is 1.24. The Morgan fingerprint density at radius 3 is 1.27 bits per heavy atom. The van der Waals surface area contributed by atoms with Gasteiger partial charge < -0.3 is 0 Å². The van der Waals surface area contributed by atoms with Gasteiger partial charge in [0.05, 0.1) is 28.5 Å². The zero-order valence-corrected chi connectivity index (χ0v) is 25.8. The first-order chi connectivity index (χ1) is 23.8. The van der Waals surface area contributed by atoms with Crippen molar-refractivity contribution in [1.82, 2.24) is 29.9 Å². The van der Waals surface area contributed by atoms with E-state index in [9.17, 15) is 0 Å². The molecule has 0 atom stereocenters. The van der Waals surface area contributed by atoms with E-state index in [2.05, 4.69) is 76.7 Å². The van der Waals surface area contributed by atoms with Gasteiger partial charge in [-0.2, -0.15) is 0 Å². The van der Waals surface area contributed by atoms with Crippen LogP contribution >= 0.6 is 0 Å². The fourth-order valence-electron chi connectivity index (χ4n) is 5.63. The molecule has 0 bridgehead atoms. The molecule has 8 rings (SSSR count). The van der Waals surface area contributed by atoms with E-state index in [1.54, 1.807) is 12.4 Å². The lowest BCUT2D eigenvalue weighted by Crippen LogP contribution is -1.98. The van der Waals surface area contributed by atoms with Gasteiger partial charge in [0.1, 0.15) is 5.69 Å². The third kappa shape index (κ3) is 6.10. The van der Waals surface area contributed by atoms with Crippen LogP contribution in [0.15, 0.2) is 170 Å². The maximum atomic E-state index is 5.04. The Hall–Kier alpha value is -6.66. The SMILES string of the molecule is c1ccc(-c2cc(-c3cccc(-c4cccc(-c5cc(-c6ccccn6)nc(-c6ccccn6)n5)c4)c3)nc(-c3ccccc3)n2)cc1. The van der Waals surface area contributed by atoms with Crippen LogP contribution in [0.25, 0.3) is 79.2 Å². The topological polar surface area (TPSA) is 77.3 Å². The molecule has 8 aromatic rings. The second kappa shape index (κ2) is 13.0. The molecule has 0 saturated heterocycles. The molecule has 0 aliphatic heterocycles. The highest BCUT2D eigenvalue weighted by atomic mass is 14.9. The third-order valence-corrected chi connectivity index (χ3v) is 8.03. The minimum atomic E-state index is 0.549. The second-order valence-electron chi connectivity index (χ2n) is 11.2. The minimum Gasteiger partial charge on any atom is -0.255 e. The Labute approximate surface area is 278 Å². The molecule has 6 nitrogen and oxygen atoms in total. The third-order valence-electron chi connectivity index (χ3n) is 8.03. The Balaban J connectivity index is 1.21. The molecular formula is C42H28N6. The molecule has 0 aliphatic rings. The van der Waals surface area contributed by atoms with E-state index in [0.717, 1.165) is 61.9 Å². The number of hydrogen-bond donors (Lipinski definition) is 0. The molecule has 0 amide bonds. The average molecular weight is 617 g/mol. The molecule has 4 aromatic heterocycles. The van der Waals surface area contributed by atoms with Crippen LogP contribution in [-0.4, -0.2) is 29.9 Å². The summed E-state index contributed by atoms with van der Waals surface area (Å²) in [5.41, 5.74) is 10.9. The monoisotopic (exact) mass is 616 g/mol.